The summed E-state index contributed by atoms with van der Waals surface area (Å²) in [6.07, 6.45) is -3.06. The number of aliphatic hydroxyl groups excluding tert-OH is 1. The first-order valence-electron chi connectivity index (χ1n) is 3.37. The third-order valence-corrected chi connectivity index (χ3v) is 1.49. The number of aromatic amines is 1. The van der Waals surface area contributed by atoms with Crippen molar-refractivity contribution in [2.24, 2.45) is 0 Å². The fourth-order valence-corrected chi connectivity index (χ4v) is 0.950. The van der Waals surface area contributed by atoms with Crippen molar-refractivity contribution in [1.82, 2.24) is 4.98 Å². The SMILES string of the molecule is O=c1cc(F)c(C(F)F)c(CO)[nH]1. The van der Waals surface area contributed by atoms with E-state index in [2.05, 4.69) is 0 Å². The zero-order chi connectivity index (χ0) is 10.0. The van der Waals surface area contributed by atoms with Gasteiger partial charge in [-0.1, -0.05) is 0 Å². The second-order valence-corrected chi connectivity index (χ2v) is 2.33. The van der Waals surface area contributed by atoms with Gasteiger partial charge in [0, 0.05) is 6.07 Å². The van der Waals surface area contributed by atoms with Crippen LogP contribution in [0, 0.1) is 5.82 Å². The van der Waals surface area contributed by atoms with Crippen molar-refractivity contribution in [2.75, 3.05) is 0 Å². The minimum atomic E-state index is -3.06. The number of hydrogen-bond acceptors (Lipinski definition) is 2. The van der Waals surface area contributed by atoms with Gasteiger partial charge in [0.15, 0.2) is 0 Å². The van der Waals surface area contributed by atoms with Crippen LogP contribution in [0.1, 0.15) is 17.7 Å². The predicted octanol–water partition coefficient (Wildman–Crippen LogP) is 0.944. The highest BCUT2D eigenvalue weighted by Crippen LogP contribution is 2.23. The van der Waals surface area contributed by atoms with Crippen LogP contribution in [0.5, 0.6) is 0 Å². The van der Waals surface area contributed by atoms with Gasteiger partial charge in [0.25, 0.3) is 12.0 Å². The van der Waals surface area contributed by atoms with Crippen molar-refractivity contribution in [3.05, 3.63) is 33.5 Å². The summed E-state index contributed by atoms with van der Waals surface area (Å²) in [7, 11) is 0. The van der Waals surface area contributed by atoms with Crippen molar-refractivity contribution in [1.29, 1.82) is 0 Å². The molecule has 0 aromatic carbocycles. The molecule has 13 heavy (non-hydrogen) atoms. The molecule has 0 unspecified atom stereocenters. The molecule has 3 nitrogen and oxygen atoms in total. The Morgan fingerprint density at radius 3 is 2.62 bits per heavy atom. The van der Waals surface area contributed by atoms with Gasteiger partial charge in [-0.2, -0.15) is 0 Å². The highest BCUT2D eigenvalue weighted by Gasteiger charge is 2.18. The molecule has 1 aromatic rings. The van der Waals surface area contributed by atoms with Crippen LogP contribution in [-0.4, -0.2) is 10.1 Å². The Labute approximate surface area is 70.8 Å². The molecule has 0 aliphatic heterocycles. The highest BCUT2D eigenvalue weighted by molar-refractivity contribution is 5.22. The standard InChI is InChI=1S/C7H6F3NO2/c8-3-1-5(13)11-4(2-12)6(3)7(9)10/h1,7,12H,2H2,(H,11,13). The number of aliphatic hydroxyl groups is 1. The first-order chi connectivity index (χ1) is 6.06. The van der Waals surface area contributed by atoms with E-state index in [4.69, 9.17) is 5.11 Å². The lowest BCUT2D eigenvalue weighted by molar-refractivity contribution is 0.140. The zero-order valence-corrected chi connectivity index (χ0v) is 6.35. The average Bonchev–Trinajstić information content (AvgIpc) is 2.01. The van der Waals surface area contributed by atoms with E-state index in [1.807, 2.05) is 4.98 Å². The number of halogens is 3. The van der Waals surface area contributed by atoms with Crippen LogP contribution in [0.3, 0.4) is 0 Å². The van der Waals surface area contributed by atoms with Gasteiger partial charge >= 0.3 is 0 Å². The molecule has 1 heterocycles. The number of hydrogen-bond donors (Lipinski definition) is 2. The summed E-state index contributed by atoms with van der Waals surface area (Å²) >= 11 is 0. The number of rotatable bonds is 2. The van der Waals surface area contributed by atoms with Gasteiger partial charge in [0.1, 0.15) is 5.82 Å². The lowest BCUT2D eigenvalue weighted by atomic mass is 10.2. The zero-order valence-electron chi connectivity index (χ0n) is 6.35. The largest absolute Gasteiger partial charge is 0.390 e. The van der Waals surface area contributed by atoms with Crippen LogP contribution >= 0.6 is 0 Å². The molecule has 0 aliphatic rings. The quantitative estimate of drug-likeness (QED) is 0.734. The third kappa shape index (κ3) is 1.89. The molecule has 1 aromatic heterocycles. The van der Waals surface area contributed by atoms with Gasteiger partial charge in [0.2, 0.25) is 0 Å². The topological polar surface area (TPSA) is 53.1 Å². The minimum absolute atomic E-state index is 0.417. The molecule has 72 valence electrons. The van der Waals surface area contributed by atoms with Gasteiger partial charge in [-0.25, -0.2) is 13.2 Å². The van der Waals surface area contributed by atoms with E-state index in [-0.39, 0.29) is 0 Å². The lowest BCUT2D eigenvalue weighted by Gasteiger charge is -2.06. The minimum Gasteiger partial charge on any atom is -0.390 e. The van der Waals surface area contributed by atoms with Crippen LogP contribution in [-0.2, 0) is 6.61 Å². The van der Waals surface area contributed by atoms with E-state index in [9.17, 15) is 18.0 Å². The van der Waals surface area contributed by atoms with Crippen molar-refractivity contribution >= 4 is 0 Å². The van der Waals surface area contributed by atoms with E-state index < -0.39 is 35.7 Å². The molecule has 0 spiro atoms. The van der Waals surface area contributed by atoms with Gasteiger partial charge in [0.05, 0.1) is 17.9 Å². The molecule has 0 aliphatic carbocycles. The van der Waals surface area contributed by atoms with Gasteiger partial charge in [-0.15, -0.1) is 0 Å². The summed E-state index contributed by atoms with van der Waals surface area (Å²) < 4.78 is 37.0. The summed E-state index contributed by atoms with van der Waals surface area (Å²) in [5.41, 5.74) is -2.30. The molecule has 1 rings (SSSR count). The molecule has 0 bridgehead atoms. The maximum atomic E-state index is 12.7. The molecule has 6 heteroatoms. The summed E-state index contributed by atoms with van der Waals surface area (Å²) in [5, 5.41) is 8.55. The smallest absolute Gasteiger partial charge is 0.268 e. The molecule has 0 radical (unpaired) electrons. The van der Waals surface area contributed by atoms with Crippen molar-refractivity contribution in [3.8, 4) is 0 Å². The summed E-state index contributed by atoms with van der Waals surface area (Å²) in [6.45, 7) is -0.827. The van der Waals surface area contributed by atoms with Gasteiger partial charge < -0.3 is 10.1 Å². The fraction of sp³-hybridized carbons (Fsp3) is 0.286. The Bertz CT molecular complexity index is 361. The van der Waals surface area contributed by atoms with Crippen LogP contribution in [0.15, 0.2) is 10.9 Å². The van der Waals surface area contributed by atoms with E-state index >= 15 is 0 Å². The van der Waals surface area contributed by atoms with E-state index in [0.29, 0.717) is 6.07 Å². The Kier molecular flexibility index (Phi) is 2.72. The molecule has 0 saturated carbocycles. The molecular weight excluding hydrogens is 187 g/mol. The molecule has 0 saturated heterocycles. The second-order valence-electron chi connectivity index (χ2n) is 2.33. The van der Waals surface area contributed by atoms with Crippen LogP contribution in [0.4, 0.5) is 13.2 Å². The van der Waals surface area contributed by atoms with Gasteiger partial charge in [-0.3, -0.25) is 4.79 Å². The molecule has 0 fully saturated rings. The Morgan fingerprint density at radius 1 is 1.54 bits per heavy atom. The third-order valence-electron chi connectivity index (χ3n) is 1.49. The second kappa shape index (κ2) is 3.61. The highest BCUT2D eigenvalue weighted by atomic mass is 19.3. The van der Waals surface area contributed by atoms with Crippen LogP contribution in [0.25, 0.3) is 0 Å². The fourth-order valence-electron chi connectivity index (χ4n) is 0.950. The monoisotopic (exact) mass is 193 g/mol. The van der Waals surface area contributed by atoms with E-state index in [1.165, 1.54) is 0 Å². The summed E-state index contributed by atoms with van der Waals surface area (Å²) in [5.74, 6) is -1.30. The lowest BCUT2D eigenvalue weighted by Crippen LogP contribution is -2.13. The summed E-state index contributed by atoms with van der Waals surface area (Å²) in [6, 6.07) is 0.417. The molecule has 0 amide bonds. The number of H-pyrrole nitrogens is 1. The Balaban J connectivity index is 3.38. The number of aromatic nitrogens is 1. The molecule has 2 N–H and O–H groups in total. The average molecular weight is 193 g/mol. The van der Waals surface area contributed by atoms with Gasteiger partial charge in [-0.05, 0) is 0 Å². The van der Waals surface area contributed by atoms with Crippen molar-refractivity contribution < 1.29 is 18.3 Å². The van der Waals surface area contributed by atoms with Crippen molar-refractivity contribution in [2.45, 2.75) is 13.0 Å². The van der Waals surface area contributed by atoms with Crippen molar-refractivity contribution in [3.63, 3.8) is 0 Å². The Morgan fingerprint density at radius 2 is 2.15 bits per heavy atom. The predicted molar refractivity (Wildman–Crippen MR) is 37.9 cm³/mol. The Hall–Kier alpha value is -1.30. The van der Waals surface area contributed by atoms with E-state index in [0.717, 1.165) is 0 Å². The first kappa shape index (κ1) is 9.79. The number of nitrogens with one attached hydrogen (secondary N) is 1. The van der Waals surface area contributed by atoms with Crippen LogP contribution in [0.2, 0.25) is 0 Å². The van der Waals surface area contributed by atoms with Crippen LogP contribution < -0.4 is 5.56 Å². The number of pyridine rings is 1. The maximum absolute atomic E-state index is 12.7. The number of alkyl halides is 2. The normalized spacial score (nSPS) is 10.8. The molecule has 0 atom stereocenters. The first-order valence-corrected chi connectivity index (χ1v) is 3.37. The maximum Gasteiger partial charge on any atom is 0.268 e. The molecular formula is C7H6F3NO2. The van der Waals surface area contributed by atoms with E-state index in [1.54, 1.807) is 0 Å². The summed E-state index contributed by atoms with van der Waals surface area (Å²) in [4.78, 5) is 12.5.